The summed E-state index contributed by atoms with van der Waals surface area (Å²) in [7, 11) is 1.73. The average Bonchev–Trinajstić information content (AvgIpc) is 3.26. The van der Waals surface area contributed by atoms with Gasteiger partial charge in [-0.2, -0.15) is 0 Å². The van der Waals surface area contributed by atoms with Crippen LogP contribution in [-0.2, 0) is 16.5 Å². The van der Waals surface area contributed by atoms with Crippen LogP contribution < -0.4 is 5.56 Å². The molecule has 1 aliphatic rings. The Morgan fingerprint density at radius 1 is 1.19 bits per heavy atom. The van der Waals surface area contributed by atoms with Gasteiger partial charge in [0.15, 0.2) is 10.9 Å². The normalized spacial score (nSPS) is 16.7. The molecule has 0 atom stereocenters. The van der Waals surface area contributed by atoms with Crippen LogP contribution in [0, 0.1) is 0 Å². The third-order valence-corrected chi connectivity index (χ3v) is 5.77. The van der Waals surface area contributed by atoms with Crippen molar-refractivity contribution in [1.82, 2.24) is 19.2 Å². The number of thioether (sulfide) groups is 1. The first kappa shape index (κ1) is 17.5. The van der Waals surface area contributed by atoms with E-state index in [2.05, 4.69) is 10.2 Å². The van der Waals surface area contributed by atoms with Crippen LogP contribution in [-0.4, -0.2) is 43.9 Å². The Kier molecular flexibility index (Phi) is 4.73. The molecular formula is C18H22N4O3S. The zero-order valence-electron chi connectivity index (χ0n) is 15.0. The molecular weight excluding hydrogens is 352 g/mol. The second kappa shape index (κ2) is 7.02. The van der Waals surface area contributed by atoms with Gasteiger partial charge in [0.1, 0.15) is 0 Å². The third-order valence-electron chi connectivity index (χ3n) is 4.75. The number of benzene rings is 1. The number of hydrogen-bond acceptors (Lipinski definition) is 6. The first-order valence-electron chi connectivity index (χ1n) is 8.83. The zero-order valence-corrected chi connectivity index (χ0v) is 15.8. The van der Waals surface area contributed by atoms with Crippen molar-refractivity contribution in [3.8, 4) is 0 Å². The minimum Gasteiger partial charge on any atom is -0.348 e. The van der Waals surface area contributed by atoms with Gasteiger partial charge in [-0.25, -0.2) is 0 Å². The Hall–Kier alpha value is -1.90. The Labute approximate surface area is 155 Å². The molecule has 2 aromatic heterocycles. The summed E-state index contributed by atoms with van der Waals surface area (Å²) in [5, 5.41) is 10.0. The number of rotatable bonds is 6. The van der Waals surface area contributed by atoms with Crippen molar-refractivity contribution >= 4 is 28.4 Å². The highest BCUT2D eigenvalue weighted by Gasteiger charge is 2.29. The van der Waals surface area contributed by atoms with Gasteiger partial charge in [-0.1, -0.05) is 23.9 Å². The maximum Gasteiger partial charge on any atom is 0.262 e. The minimum absolute atomic E-state index is 0.0538. The first-order chi connectivity index (χ1) is 12.6. The van der Waals surface area contributed by atoms with Gasteiger partial charge in [0, 0.05) is 19.2 Å². The van der Waals surface area contributed by atoms with Crippen LogP contribution in [0.5, 0.6) is 0 Å². The number of aryl methyl sites for hydroxylation is 1. The van der Waals surface area contributed by atoms with E-state index >= 15 is 0 Å². The zero-order chi connectivity index (χ0) is 18.1. The van der Waals surface area contributed by atoms with Crippen LogP contribution in [0.2, 0.25) is 0 Å². The maximum absolute atomic E-state index is 12.5. The second-order valence-electron chi connectivity index (χ2n) is 6.64. The number of ether oxygens (including phenoxy) is 2. The predicted molar refractivity (Wildman–Crippen MR) is 101 cm³/mol. The van der Waals surface area contributed by atoms with Crippen LogP contribution in [0.15, 0.2) is 34.2 Å². The van der Waals surface area contributed by atoms with Crippen molar-refractivity contribution < 1.29 is 9.47 Å². The molecule has 7 nitrogen and oxygen atoms in total. The van der Waals surface area contributed by atoms with Gasteiger partial charge in [0.05, 0.1) is 24.1 Å². The summed E-state index contributed by atoms with van der Waals surface area (Å²) in [5.41, 5.74) is 0.792. The average molecular weight is 374 g/mol. The molecule has 8 heteroatoms. The fourth-order valence-electron chi connectivity index (χ4n) is 3.32. The van der Waals surface area contributed by atoms with E-state index in [0.717, 1.165) is 35.7 Å². The summed E-state index contributed by atoms with van der Waals surface area (Å²) in [4.78, 5) is 12.5. The molecule has 0 bridgehead atoms. The van der Waals surface area contributed by atoms with Crippen molar-refractivity contribution in [1.29, 1.82) is 0 Å². The van der Waals surface area contributed by atoms with E-state index in [0.29, 0.717) is 24.4 Å². The SMILES string of the molecule is Cn1c(=O)c2ccccc2n2c(SCCCCC3(C)OCCO3)nnc12. The summed E-state index contributed by atoms with van der Waals surface area (Å²) in [5.74, 6) is 1.07. The molecule has 0 unspecified atom stereocenters. The molecule has 4 rings (SSSR count). The molecule has 3 heterocycles. The Balaban J connectivity index is 1.50. The van der Waals surface area contributed by atoms with Gasteiger partial charge in [-0.05, 0) is 31.9 Å². The van der Waals surface area contributed by atoms with E-state index in [4.69, 9.17) is 9.47 Å². The highest BCUT2D eigenvalue weighted by atomic mass is 32.2. The standard InChI is InChI=1S/C18H22N4O3S/c1-18(24-10-11-25-18)9-5-6-12-26-17-20-19-16-21(2)15(23)13-7-3-4-8-14(13)22(16)17/h3-4,7-8H,5-6,9-12H2,1-2H3. The number of nitrogens with zero attached hydrogens (tertiary/aromatic N) is 4. The lowest BCUT2D eigenvalue weighted by atomic mass is 10.1. The number of fused-ring (bicyclic) bond motifs is 3. The van der Waals surface area contributed by atoms with Crippen molar-refractivity contribution in [2.75, 3.05) is 19.0 Å². The summed E-state index contributed by atoms with van der Waals surface area (Å²) in [6.45, 7) is 3.37. The first-order valence-corrected chi connectivity index (χ1v) is 9.81. The Bertz CT molecular complexity index is 991. The number of para-hydroxylation sites is 1. The summed E-state index contributed by atoms with van der Waals surface area (Å²) >= 11 is 1.66. The number of unbranched alkanes of at least 4 members (excludes halogenated alkanes) is 1. The van der Waals surface area contributed by atoms with E-state index in [1.807, 2.05) is 35.6 Å². The highest BCUT2D eigenvalue weighted by molar-refractivity contribution is 7.99. The minimum atomic E-state index is -0.416. The van der Waals surface area contributed by atoms with Crippen molar-refractivity contribution in [2.24, 2.45) is 7.05 Å². The fraction of sp³-hybridized carbons (Fsp3) is 0.500. The van der Waals surface area contributed by atoms with E-state index in [1.165, 1.54) is 0 Å². The van der Waals surface area contributed by atoms with Gasteiger partial charge < -0.3 is 9.47 Å². The number of hydrogen-bond donors (Lipinski definition) is 0. The van der Waals surface area contributed by atoms with Gasteiger partial charge in [0.2, 0.25) is 5.78 Å². The van der Waals surface area contributed by atoms with Crippen molar-refractivity contribution in [2.45, 2.75) is 37.1 Å². The molecule has 1 aromatic carbocycles. The van der Waals surface area contributed by atoms with Crippen LogP contribution in [0.25, 0.3) is 16.7 Å². The largest absolute Gasteiger partial charge is 0.348 e. The quantitative estimate of drug-likeness (QED) is 0.488. The Morgan fingerprint density at radius 2 is 1.96 bits per heavy atom. The van der Waals surface area contributed by atoms with E-state index in [-0.39, 0.29) is 5.56 Å². The van der Waals surface area contributed by atoms with Crippen LogP contribution in [0.1, 0.15) is 26.2 Å². The molecule has 26 heavy (non-hydrogen) atoms. The fourth-order valence-corrected chi connectivity index (χ4v) is 4.26. The van der Waals surface area contributed by atoms with Gasteiger partial charge in [0.25, 0.3) is 5.56 Å². The molecule has 1 fully saturated rings. The molecule has 0 aliphatic carbocycles. The second-order valence-corrected chi connectivity index (χ2v) is 7.70. The van der Waals surface area contributed by atoms with Gasteiger partial charge in [-0.3, -0.25) is 13.8 Å². The van der Waals surface area contributed by atoms with Crippen LogP contribution in [0.3, 0.4) is 0 Å². The molecule has 0 spiro atoms. The maximum atomic E-state index is 12.5. The smallest absolute Gasteiger partial charge is 0.262 e. The lowest BCUT2D eigenvalue weighted by Gasteiger charge is -2.21. The van der Waals surface area contributed by atoms with E-state index < -0.39 is 5.79 Å². The topological polar surface area (TPSA) is 70.7 Å². The van der Waals surface area contributed by atoms with Gasteiger partial charge in [-0.15, -0.1) is 10.2 Å². The molecule has 3 aromatic rings. The van der Waals surface area contributed by atoms with Crippen LogP contribution in [0.4, 0.5) is 0 Å². The molecule has 138 valence electrons. The lowest BCUT2D eigenvalue weighted by Crippen LogP contribution is -2.25. The number of aromatic nitrogens is 4. The third kappa shape index (κ3) is 3.13. The lowest BCUT2D eigenvalue weighted by molar-refractivity contribution is -0.147. The summed E-state index contributed by atoms with van der Waals surface area (Å²) in [6.07, 6.45) is 2.95. The molecule has 1 saturated heterocycles. The molecule has 0 N–H and O–H groups in total. The molecule has 0 amide bonds. The molecule has 0 saturated carbocycles. The van der Waals surface area contributed by atoms with Gasteiger partial charge >= 0.3 is 0 Å². The predicted octanol–water partition coefficient (Wildman–Crippen LogP) is 2.61. The monoisotopic (exact) mass is 374 g/mol. The molecule has 1 aliphatic heterocycles. The summed E-state index contributed by atoms with van der Waals surface area (Å²) < 4.78 is 14.8. The highest BCUT2D eigenvalue weighted by Crippen LogP contribution is 2.26. The van der Waals surface area contributed by atoms with E-state index in [1.54, 1.807) is 23.4 Å². The van der Waals surface area contributed by atoms with Crippen molar-refractivity contribution in [3.05, 3.63) is 34.6 Å². The molecule has 0 radical (unpaired) electrons. The van der Waals surface area contributed by atoms with E-state index in [9.17, 15) is 4.79 Å². The summed E-state index contributed by atoms with van der Waals surface area (Å²) in [6, 6.07) is 7.58. The van der Waals surface area contributed by atoms with Crippen LogP contribution >= 0.6 is 11.8 Å². The van der Waals surface area contributed by atoms with Crippen molar-refractivity contribution in [3.63, 3.8) is 0 Å². The Morgan fingerprint density at radius 3 is 2.77 bits per heavy atom.